The van der Waals surface area contributed by atoms with Crippen LogP contribution in [0.1, 0.15) is 111 Å². The first kappa shape index (κ1) is 38.2. The molecular weight excluding hydrogens is 713 g/mol. The maximum Gasteiger partial charge on any atom is 0.0763 e. The lowest BCUT2D eigenvalue weighted by atomic mass is 9.74. The van der Waals surface area contributed by atoms with Gasteiger partial charge >= 0.3 is 0 Å². The summed E-state index contributed by atoms with van der Waals surface area (Å²) in [7, 11) is 0. The Morgan fingerprint density at radius 2 is 0.797 bits per heavy atom. The topological polar surface area (TPSA) is 24.1 Å². The maximum atomic E-state index is 4.46. The van der Waals surface area contributed by atoms with Gasteiger partial charge in [-0.05, 0) is 98.2 Å². The van der Waals surface area contributed by atoms with Crippen LogP contribution in [0.15, 0.2) is 182 Å². The smallest absolute Gasteiger partial charge is 0.0763 e. The molecule has 2 N–H and O–H groups in total. The van der Waals surface area contributed by atoms with Gasteiger partial charge in [0, 0.05) is 23.2 Å². The predicted octanol–water partition coefficient (Wildman–Crippen LogP) is 14.7. The Hall–Kier alpha value is -6.38. The monoisotopic (exact) mass is 766 g/mol. The third-order valence-corrected chi connectivity index (χ3v) is 12.5. The molecule has 0 amide bonds. The van der Waals surface area contributed by atoms with E-state index in [0.717, 1.165) is 0 Å². The summed E-state index contributed by atoms with van der Waals surface area (Å²) in [5, 5.41) is 11.3. The lowest BCUT2D eigenvalue weighted by Gasteiger charge is -2.35. The molecule has 2 unspecified atom stereocenters. The predicted molar refractivity (Wildman–Crippen MR) is 250 cm³/mol. The van der Waals surface area contributed by atoms with Gasteiger partial charge in [-0.2, -0.15) is 0 Å². The zero-order valence-corrected chi connectivity index (χ0v) is 35.1. The summed E-state index contributed by atoms with van der Waals surface area (Å²) in [4.78, 5) is 0. The van der Waals surface area contributed by atoms with Gasteiger partial charge in [-0.1, -0.05) is 208 Å². The third kappa shape index (κ3) is 7.34. The number of rotatable bonds is 10. The number of hydrogen-bond acceptors (Lipinski definition) is 2. The number of benzene rings is 8. The molecule has 0 saturated heterocycles. The van der Waals surface area contributed by atoms with Crippen LogP contribution in [0.4, 0.5) is 11.4 Å². The van der Waals surface area contributed by atoms with Crippen LogP contribution in [0.3, 0.4) is 0 Å². The fourth-order valence-electron chi connectivity index (χ4n) is 9.75. The largest absolute Gasteiger partial charge is 0.375 e. The van der Waals surface area contributed by atoms with Crippen LogP contribution in [0.2, 0.25) is 0 Å². The summed E-state index contributed by atoms with van der Waals surface area (Å²) in [5.74, 6) is -0.0542. The second kappa shape index (κ2) is 15.8. The highest BCUT2D eigenvalue weighted by molar-refractivity contribution is 5.93. The Labute approximate surface area is 351 Å². The number of aryl methyl sites for hydroxylation is 3. The van der Waals surface area contributed by atoms with Gasteiger partial charge in [-0.25, -0.2) is 0 Å². The molecular formula is C57H54N2. The van der Waals surface area contributed by atoms with Crippen molar-refractivity contribution in [3.05, 3.63) is 249 Å². The van der Waals surface area contributed by atoms with E-state index in [1.165, 1.54) is 88.9 Å². The molecule has 2 heteroatoms. The van der Waals surface area contributed by atoms with Crippen molar-refractivity contribution in [1.29, 1.82) is 0 Å². The van der Waals surface area contributed by atoms with Crippen LogP contribution < -0.4 is 10.6 Å². The van der Waals surface area contributed by atoms with E-state index in [1.54, 1.807) is 0 Å². The molecule has 0 aliphatic heterocycles. The first-order chi connectivity index (χ1) is 28.7. The van der Waals surface area contributed by atoms with E-state index in [4.69, 9.17) is 0 Å². The lowest BCUT2D eigenvalue weighted by molar-refractivity contribution is 0.587. The van der Waals surface area contributed by atoms with Crippen molar-refractivity contribution >= 4 is 22.1 Å². The molecule has 59 heavy (non-hydrogen) atoms. The highest BCUT2D eigenvalue weighted by atomic mass is 15.0. The molecule has 0 heterocycles. The second-order valence-electron chi connectivity index (χ2n) is 17.6. The van der Waals surface area contributed by atoms with Crippen molar-refractivity contribution in [3.63, 3.8) is 0 Å². The van der Waals surface area contributed by atoms with Crippen molar-refractivity contribution in [3.8, 4) is 0 Å². The molecule has 1 aliphatic rings. The van der Waals surface area contributed by atoms with Gasteiger partial charge in [0.05, 0.1) is 12.1 Å². The molecule has 0 saturated carbocycles. The maximum absolute atomic E-state index is 4.46. The Morgan fingerprint density at radius 3 is 1.17 bits per heavy atom. The number of hydrogen-bond donors (Lipinski definition) is 2. The van der Waals surface area contributed by atoms with Gasteiger partial charge < -0.3 is 10.6 Å². The zero-order chi connectivity index (χ0) is 40.7. The van der Waals surface area contributed by atoms with E-state index in [9.17, 15) is 0 Å². The first-order valence-electron chi connectivity index (χ1n) is 21.2. The summed E-state index contributed by atoms with van der Waals surface area (Å²) in [6, 6.07) is 67.6. The summed E-state index contributed by atoms with van der Waals surface area (Å²) < 4.78 is 0. The number of anilines is 2. The van der Waals surface area contributed by atoms with Crippen LogP contribution in [-0.2, 0) is 5.41 Å². The van der Waals surface area contributed by atoms with E-state index in [1.807, 2.05) is 0 Å². The minimum absolute atomic E-state index is 0.0271. The van der Waals surface area contributed by atoms with Crippen molar-refractivity contribution in [1.82, 2.24) is 0 Å². The van der Waals surface area contributed by atoms with Crippen molar-refractivity contribution < 1.29 is 0 Å². The van der Waals surface area contributed by atoms with Crippen LogP contribution in [0.5, 0.6) is 0 Å². The molecule has 1 aliphatic carbocycles. The molecule has 0 bridgehead atoms. The molecule has 2 nitrogen and oxygen atoms in total. The van der Waals surface area contributed by atoms with E-state index in [-0.39, 0.29) is 29.3 Å². The molecule has 8 aromatic carbocycles. The third-order valence-electron chi connectivity index (χ3n) is 12.5. The highest BCUT2D eigenvalue weighted by Gasteiger charge is 2.38. The second-order valence-corrected chi connectivity index (χ2v) is 17.6. The summed E-state index contributed by atoms with van der Waals surface area (Å²) in [6.07, 6.45) is 0. The van der Waals surface area contributed by atoms with E-state index >= 15 is 0 Å². The molecule has 0 aromatic heterocycles. The summed E-state index contributed by atoms with van der Waals surface area (Å²) >= 11 is 0. The average molecular weight is 767 g/mol. The molecule has 8 aromatic rings. The normalized spacial score (nSPS) is 14.9. The van der Waals surface area contributed by atoms with Gasteiger partial charge in [0.2, 0.25) is 0 Å². The van der Waals surface area contributed by atoms with Crippen molar-refractivity contribution in [2.75, 3.05) is 10.6 Å². The fraction of sp³-hybridized carbons (Fsp3) is 0.193. The molecule has 0 spiro atoms. The minimum Gasteiger partial charge on any atom is -0.375 e. The molecule has 292 valence electrons. The zero-order valence-electron chi connectivity index (χ0n) is 35.1. The SMILES string of the molecule is Cc1cc(C)c(NC2c3cccc4cccc(c34)C2Nc2c(C(c3ccccc3)c3ccccc3)cc(C(C)(C)C)cc2C(c2ccccc2)c2ccccc2)c(C)c1. The molecule has 9 rings (SSSR count). The Kier molecular flexibility index (Phi) is 10.2. The lowest BCUT2D eigenvalue weighted by Crippen LogP contribution is -2.25. The minimum atomic E-state index is -0.113. The Bertz CT molecular complexity index is 2520. The van der Waals surface area contributed by atoms with Crippen molar-refractivity contribution in [2.45, 2.75) is 70.9 Å². The van der Waals surface area contributed by atoms with Gasteiger partial charge in [0.1, 0.15) is 0 Å². The van der Waals surface area contributed by atoms with Crippen molar-refractivity contribution in [2.24, 2.45) is 0 Å². The van der Waals surface area contributed by atoms with E-state index < -0.39 is 0 Å². The quantitative estimate of drug-likeness (QED) is 0.135. The first-order valence-corrected chi connectivity index (χ1v) is 21.2. The van der Waals surface area contributed by atoms with Crippen LogP contribution in [0, 0.1) is 20.8 Å². The summed E-state index contributed by atoms with van der Waals surface area (Å²) in [6.45, 7) is 13.7. The Balaban J connectivity index is 1.36. The standard InChI is InChI=1S/C57H54N2/c1-37-33-38(2)53(39(3)34-37)58-55-46-31-19-29-44-30-20-32-47(52(44)46)56(55)59-54-48(50(40-21-11-7-12-22-40)41-23-13-8-14-24-41)35-45(57(4,5)6)36-49(54)51(42-25-15-9-16-26-42)43-27-17-10-18-28-43/h7-36,50-51,55-56,58-59H,1-6H3. The molecule has 0 radical (unpaired) electrons. The molecule has 0 fully saturated rings. The van der Waals surface area contributed by atoms with Gasteiger partial charge in [-0.15, -0.1) is 0 Å². The van der Waals surface area contributed by atoms with Crippen LogP contribution in [-0.4, -0.2) is 0 Å². The van der Waals surface area contributed by atoms with E-state index in [0.29, 0.717) is 0 Å². The number of nitrogens with one attached hydrogen (secondary N) is 2. The Morgan fingerprint density at radius 1 is 0.424 bits per heavy atom. The van der Waals surface area contributed by atoms with Crippen LogP contribution >= 0.6 is 0 Å². The van der Waals surface area contributed by atoms with Gasteiger partial charge in [0.25, 0.3) is 0 Å². The summed E-state index contributed by atoms with van der Waals surface area (Å²) in [5.41, 5.74) is 17.7. The molecule has 2 atom stereocenters. The highest BCUT2D eigenvalue weighted by Crippen LogP contribution is 2.52. The van der Waals surface area contributed by atoms with E-state index in [2.05, 4.69) is 234 Å². The van der Waals surface area contributed by atoms with Gasteiger partial charge in [-0.3, -0.25) is 0 Å². The van der Waals surface area contributed by atoms with Gasteiger partial charge in [0.15, 0.2) is 0 Å². The fourth-order valence-corrected chi connectivity index (χ4v) is 9.75. The average Bonchev–Trinajstić information content (AvgIpc) is 3.54. The van der Waals surface area contributed by atoms with Crippen LogP contribution in [0.25, 0.3) is 10.8 Å².